The average molecular weight is 598 g/mol. The Morgan fingerprint density at radius 3 is 2.55 bits per heavy atom. The van der Waals surface area contributed by atoms with Crippen molar-refractivity contribution in [2.45, 2.75) is 55.8 Å². The quantitative estimate of drug-likeness (QED) is 0.268. The summed E-state index contributed by atoms with van der Waals surface area (Å²) in [6, 6.07) is 16.2. The molecule has 2 heterocycles. The van der Waals surface area contributed by atoms with Crippen LogP contribution in [0.25, 0.3) is 0 Å². The first-order valence-corrected chi connectivity index (χ1v) is 15.4. The molecule has 1 aliphatic heterocycles. The van der Waals surface area contributed by atoms with Crippen LogP contribution in [0.5, 0.6) is 17.2 Å². The Kier molecular flexibility index (Phi) is 9.45. The van der Waals surface area contributed by atoms with E-state index >= 15 is 0 Å². The minimum absolute atomic E-state index is 0.0171. The van der Waals surface area contributed by atoms with Crippen molar-refractivity contribution in [3.63, 3.8) is 0 Å². The van der Waals surface area contributed by atoms with Crippen LogP contribution in [-0.4, -0.2) is 66.0 Å². The molecule has 12 heteroatoms. The van der Waals surface area contributed by atoms with Crippen LogP contribution in [0.4, 0.5) is 4.79 Å². The third-order valence-corrected chi connectivity index (χ3v) is 9.40. The molecule has 0 radical (unpaired) electrons. The number of aliphatic hydroxyl groups is 1. The topological polar surface area (TPSA) is 148 Å². The maximum atomic E-state index is 13.8. The lowest BCUT2D eigenvalue weighted by molar-refractivity contribution is 0.0971. The van der Waals surface area contributed by atoms with Gasteiger partial charge in [-0.3, -0.25) is 4.98 Å². The van der Waals surface area contributed by atoms with E-state index < -0.39 is 28.3 Å². The van der Waals surface area contributed by atoms with E-state index in [-0.39, 0.29) is 37.1 Å². The van der Waals surface area contributed by atoms with Gasteiger partial charge in [-0.25, -0.2) is 13.2 Å². The van der Waals surface area contributed by atoms with Crippen LogP contribution in [0, 0.1) is 5.92 Å². The molecule has 11 nitrogen and oxygen atoms in total. The van der Waals surface area contributed by atoms with E-state index in [1.165, 1.54) is 16.4 Å². The highest BCUT2D eigenvalue weighted by molar-refractivity contribution is 7.89. The average Bonchev–Trinajstić information content (AvgIpc) is 3.68. The molecule has 2 aliphatic rings. The number of carbonyl (C=O) groups is 1. The van der Waals surface area contributed by atoms with Crippen molar-refractivity contribution >= 4 is 16.1 Å². The summed E-state index contributed by atoms with van der Waals surface area (Å²) in [6.45, 7) is 0.277. The van der Waals surface area contributed by atoms with Gasteiger partial charge in [0.2, 0.25) is 16.8 Å². The van der Waals surface area contributed by atoms with Crippen molar-refractivity contribution in [1.82, 2.24) is 14.6 Å². The highest BCUT2D eigenvalue weighted by atomic mass is 32.2. The number of rotatable bonds is 13. The zero-order chi connectivity index (χ0) is 29.5. The van der Waals surface area contributed by atoms with Crippen molar-refractivity contribution in [3.05, 3.63) is 78.1 Å². The molecule has 0 saturated heterocycles. The van der Waals surface area contributed by atoms with E-state index in [0.29, 0.717) is 23.9 Å². The lowest BCUT2D eigenvalue weighted by atomic mass is 10.0. The predicted molar refractivity (Wildman–Crippen MR) is 153 cm³/mol. The van der Waals surface area contributed by atoms with E-state index in [4.69, 9.17) is 14.2 Å². The first kappa shape index (κ1) is 29.6. The Balaban J connectivity index is 1.30. The zero-order valence-electron chi connectivity index (χ0n) is 23.1. The molecule has 2 aromatic carbocycles. The minimum Gasteiger partial charge on any atom is -0.487 e. The zero-order valence-corrected chi connectivity index (χ0v) is 23.9. The molecule has 0 spiro atoms. The standard InChI is InChI=1S/C30H35N3O8S/c34-27(26(32-30(35)36)15-21-8-10-24(11-9-21)39-19-23-7-3-4-14-31-23)18-33(17-22-5-1-2-6-22)42(37,38)25-12-13-28-29(16-25)41-20-40-28/h3-4,7-14,16,22,26-27,32,34H,1-2,5-6,15,17-20H2,(H,35,36)/t26-,27+/m0/s1. The number of carboxylic acid groups (broad SMARTS) is 1. The normalized spacial score (nSPS) is 16.3. The van der Waals surface area contributed by atoms with Crippen LogP contribution in [0.3, 0.4) is 0 Å². The van der Waals surface area contributed by atoms with Gasteiger partial charge >= 0.3 is 6.09 Å². The molecule has 0 bridgehead atoms. The van der Waals surface area contributed by atoms with Gasteiger partial charge in [0.05, 0.1) is 22.7 Å². The lowest BCUT2D eigenvalue weighted by Crippen LogP contribution is -2.50. The van der Waals surface area contributed by atoms with Crippen molar-refractivity contribution in [2.24, 2.45) is 5.92 Å². The SMILES string of the molecule is O=C(O)N[C@@H](Cc1ccc(OCc2ccccn2)cc1)[C@H](O)CN(CC1CCCC1)S(=O)(=O)c1ccc2c(c1)OCO2. The third kappa shape index (κ3) is 7.50. The van der Waals surface area contributed by atoms with Gasteiger partial charge in [0.1, 0.15) is 12.4 Å². The molecular weight excluding hydrogens is 562 g/mol. The van der Waals surface area contributed by atoms with E-state index in [1.807, 2.05) is 18.2 Å². The number of hydrogen-bond donors (Lipinski definition) is 3. The molecule has 1 fully saturated rings. The van der Waals surface area contributed by atoms with E-state index in [0.717, 1.165) is 36.9 Å². The van der Waals surface area contributed by atoms with E-state index in [1.54, 1.807) is 36.5 Å². The monoisotopic (exact) mass is 597 g/mol. The Morgan fingerprint density at radius 1 is 1.07 bits per heavy atom. The van der Waals surface area contributed by atoms with Crippen LogP contribution in [0.15, 0.2) is 71.8 Å². The van der Waals surface area contributed by atoms with Crippen LogP contribution in [0.2, 0.25) is 0 Å². The summed E-state index contributed by atoms with van der Waals surface area (Å²) in [7, 11) is -4.03. The summed E-state index contributed by atoms with van der Waals surface area (Å²) in [6.07, 6.45) is 3.06. The fourth-order valence-electron chi connectivity index (χ4n) is 5.33. The second-order valence-corrected chi connectivity index (χ2v) is 12.5. The van der Waals surface area contributed by atoms with E-state index in [9.17, 15) is 23.4 Å². The van der Waals surface area contributed by atoms with Crippen molar-refractivity contribution in [2.75, 3.05) is 19.9 Å². The number of ether oxygens (including phenoxy) is 3. The largest absolute Gasteiger partial charge is 0.487 e. The van der Waals surface area contributed by atoms with Gasteiger partial charge < -0.3 is 29.7 Å². The molecule has 42 heavy (non-hydrogen) atoms. The third-order valence-electron chi connectivity index (χ3n) is 7.57. The molecule has 0 unspecified atom stereocenters. The molecule has 3 aromatic rings. The minimum atomic E-state index is -4.03. The molecular formula is C30H35N3O8S. The summed E-state index contributed by atoms with van der Waals surface area (Å²) in [5, 5.41) is 23.2. The first-order valence-electron chi connectivity index (χ1n) is 14.0. The number of nitrogens with zero attached hydrogens (tertiary/aromatic N) is 2. The molecule has 3 N–H and O–H groups in total. The molecule has 2 atom stereocenters. The number of nitrogens with one attached hydrogen (secondary N) is 1. The van der Waals surface area contributed by atoms with Gasteiger partial charge in [-0.2, -0.15) is 4.31 Å². The maximum Gasteiger partial charge on any atom is 0.404 e. The summed E-state index contributed by atoms with van der Waals surface area (Å²) < 4.78 is 45.4. The summed E-state index contributed by atoms with van der Waals surface area (Å²) in [5.74, 6) is 1.58. The van der Waals surface area contributed by atoms with Gasteiger partial charge in [0.25, 0.3) is 0 Å². The Bertz CT molecular complexity index is 1450. The molecule has 1 amide bonds. The Morgan fingerprint density at radius 2 is 1.83 bits per heavy atom. The number of hydrogen-bond acceptors (Lipinski definition) is 8. The fraction of sp³-hybridized carbons (Fsp3) is 0.400. The number of sulfonamides is 1. The molecule has 1 saturated carbocycles. The van der Waals surface area contributed by atoms with Gasteiger partial charge in [-0.05, 0) is 67.1 Å². The second-order valence-electron chi connectivity index (χ2n) is 10.6. The van der Waals surface area contributed by atoms with Crippen LogP contribution in [0.1, 0.15) is 36.9 Å². The van der Waals surface area contributed by atoms with Crippen LogP contribution >= 0.6 is 0 Å². The van der Waals surface area contributed by atoms with Gasteiger partial charge in [0, 0.05) is 25.4 Å². The predicted octanol–water partition coefficient (Wildman–Crippen LogP) is 3.81. The molecule has 5 rings (SSSR count). The maximum absolute atomic E-state index is 13.8. The fourth-order valence-corrected chi connectivity index (χ4v) is 6.88. The number of amides is 1. The summed E-state index contributed by atoms with van der Waals surface area (Å²) in [5.41, 5.74) is 1.53. The first-order chi connectivity index (χ1) is 20.3. The van der Waals surface area contributed by atoms with Gasteiger partial charge in [0.15, 0.2) is 11.5 Å². The number of fused-ring (bicyclic) bond motifs is 1. The van der Waals surface area contributed by atoms with Crippen molar-refractivity contribution < 1.29 is 37.6 Å². The Hall–Kier alpha value is -3.87. The van der Waals surface area contributed by atoms with Crippen molar-refractivity contribution in [3.8, 4) is 17.2 Å². The van der Waals surface area contributed by atoms with Crippen molar-refractivity contribution in [1.29, 1.82) is 0 Å². The van der Waals surface area contributed by atoms with E-state index in [2.05, 4.69) is 10.3 Å². The molecule has 1 aromatic heterocycles. The van der Waals surface area contributed by atoms with Crippen LogP contribution < -0.4 is 19.5 Å². The number of pyridine rings is 1. The lowest BCUT2D eigenvalue weighted by Gasteiger charge is -2.30. The van der Waals surface area contributed by atoms with Gasteiger partial charge in [-0.1, -0.05) is 31.0 Å². The number of aromatic nitrogens is 1. The number of aliphatic hydroxyl groups excluding tert-OH is 1. The van der Waals surface area contributed by atoms with Crippen LogP contribution in [-0.2, 0) is 23.1 Å². The molecule has 1 aliphatic carbocycles. The summed E-state index contributed by atoms with van der Waals surface area (Å²) in [4.78, 5) is 15.9. The molecule has 224 valence electrons. The highest BCUT2D eigenvalue weighted by Crippen LogP contribution is 2.35. The Labute approximate surface area is 245 Å². The second kappa shape index (κ2) is 13.4. The summed E-state index contributed by atoms with van der Waals surface area (Å²) >= 11 is 0. The van der Waals surface area contributed by atoms with Gasteiger partial charge in [-0.15, -0.1) is 0 Å². The number of benzene rings is 2. The smallest absolute Gasteiger partial charge is 0.404 e. The highest BCUT2D eigenvalue weighted by Gasteiger charge is 2.34.